The highest BCUT2D eigenvalue weighted by Crippen LogP contribution is 2.29. The molecule has 0 N–H and O–H groups in total. The maximum absolute atomic E-state index is 11.9. The van der Waals surface area contributed by atoms with Crippen molar-refractivity contribution in [3.8, 4) is 5.69 Å². The first-order chi connectivity index (χ1) is 9.76. The Kier molecular flexibility index (Phi) is 3.14. The molecule has 0 fully saturated rings. The van der Waals surface area contributed by atoms with E-state index in [0.29, 0.717) is 12.3 Å². The van der Waals surface area contributed by atoms with Crippen molar-refractivity contribution in [2.75, 3.05) is 6.61 Å². The number of aromatic nitrogens is 2. The van der Waals surface area contributed by atoms with Crippen LogP contribution >= 0.6 is 0 Å². The quantitative estimate of drug-likeness (QED) is 0.804. The molecule has 0 bridgehead atoms. The Bertz CT molecular complexity index is 686. The molecule has 0 atom stereocenters. The molecule has 0 unspecified atom stereocenters. The first-order valence-electron chi connectivity index (χ1n) is 6.74. The maximum Gasteiger partial charge on any atom is 0.358 e. The van der Waals surface area contributed by atoms with Gasteiger partial charge in [-0.3, -0.25) is 0 Å². The normalized spacial score (nSPS) is 12.4. The lowest BCUT2D eigenvalue weighted by Crippen LogP contribution is -2.16. The highest BCUT2D eigenvalue weighted by molar-refractivity contribution is 5.89. The predicted octanol–water partition coefficient (Wildman–Crippen LogP) is 2.79. The van der Waals surface area contributed by atoms with E-state index < -0.39 is 0 Å². The summed E-state index contributed by atoms with van der Waals surface area (Å²) in [5.41, 5.74) is 4.83. The van der Waals surface area contributed by atoms with Crippen LogP contribution in [0.15, 0.2) is 31.1 Å². The van der Waals surface area contributed by atoms with Crippen LogP contribution in [0, 0.1) is 0 Å². The Morgan fingerprint density at radius 1 is 1.50 bits per heavy atom. The topological polar surface area (TPSA) is 44.1 Å². The molecule has 1 aromatic heterocycles. The summed E-state index contributed by atoms with van der Waals surface area (Å²) in [6, 6.07) is 6.09. The molecule has 0 amide bonds. The summed E-state index contributed by atoms with van der Waals surface area (Å²) in [6.45, 7) is 6.01. The fraction of sp³-hybridized carbons (Fsp3) is 0.250. The summed E-state index contributed by atoms with van der Waals surface area (Å²) in [6.07, 6.45) is 5.24. The first-order valence-corrected chi connectivity index (χ1v) is 6.74. The van der Waals surface area contributed by atoms with Gasteiger partial charge in [-0.25, -0.2) is 9.78 Å². The van der Waals surface area contributed by atoms with Crippen LogP contribution in [0.4, 0.5) is 0 Å². The van der Waals surface area contributed by atoms with Crippen LogP contribution in [0.25, 0.3) is 11.8 Å². The number of rotatable bonds is 3. The van der Waals surface area contributed by atoms with E-state index in [2.05, 4.69) is 17.6 Å². The van der Waals surface area contributed by atoms with Crippen molar-refractivity contribution in [1.82, 2.24) is 9.55 Å². The number of carbonyl (C=O) groups is 1. The lowest BCUT2D eigenvalue weighted by atomic mass is 9.96. The molecule has 102 valence electrons. The fourth-order valence-electron chi connectivity index (χ4n) is 2.71. The summed E-state index contributed by atoms with van der Waals surface area (Å²) in [4.78, 5) is 16.1. The lowest BCUT2D eigenvalue weighted by Gasteiger charge is -2.21. The monoisotopic (exact) mass is 268 g/mol. The molecular weight excluding hydrogens is 252 g/mol. The Balaban J connectivity index is 2.11. The number of benzene rings is 1. The molecule has 0 radical (unpaired) electrons. The second-order valence-electron chi connectivity index (χ2n) is 4.68. The molecule has 4 nitrogen and oxygen atoms in total. The molecule has 0 spiro atoms. The lowest BCUT2D eigenvalue weighted by molar-refractivity contribution is 0.0518. The molecule has 0 aliphatic carbocycles. The van der Waals surface area contributed by atoms with Crippen LogP contribution in [0.1, 0.15) is 34.2 Å². The molecule has 3 rings (SSSR count). The van der Waals surface area contributed by atoms with Gasteiger partial charge in [0, 0.05) is 0 Å². The Morgan fingerprint density at radius 2 is 2.35 bits per heavy atom. The number of ether oxygens (including phenoxy) is 1. The van der Waals surface area contributed by atoms with Crippen molar-refractivity contribution in [3.05, 3.63) is 53.6 Å². The average Bonchev–Trinajstić information content (AvgIpc) is 2.91. The van der Waals surface area contributed by atoms with Crippen molar-refractivity contribution < 1.29 is 9.53 Å². The zero-order valence-corrected chi connectivity index (χ0v) is 11.4. The Labute approximate surface area is 117 Å². The van der Waals surface area contributed by atoms with Crippen molar-refractivity contribution >= 4 is 12.0 Å². The van der Waals surface area contributed by atoms with Gasteiger partial charge in [0.2, 0.25) is 0 Å². The second-order valence-corrected chi connectivity index (χ2v) is 4.68. The highest BCUT2D eigenvalue weighted by Gasteiger charge is 2.24. The fourth-order valence-corrected chi connectivity index (χ4v) is 2.71. The number of esters is 1. The second kappa shape index (κ2) is 4.96. The zero-order chi connectivity index (χ0) is 14.1. The molecule has 1 aliphatic rings. The van der Waals surface area contributed by atoms with E-state index in [-0.39, 0.29) is 5.97 Å². The van der Waals surface area contributed by atoms with Crippen LogP contribution in [0.2, 0.25) is 0 Å². The molecule has 0 saturated heterocycles. The zero-order valence-electron chi connectivity index (χ0n) is 11.4. The van der Waals surface area contributed by atoms with Crippen molar-refractivity contribution in [3.63, 3.8) is 0 Å². The van der Waals surface area contributed by atoms with E-state index in [1.165, 1.54) is 5.56 Å². The van der Waals surface area contributed by atoms with Crippen molar-refractivity contribution in [2.24, 2.45) is 0 Å². The molecule has 1 aliphatic heterocycles. The van der Waals surface area contributed by atoms with Gasteiger partial charge in [0.15, 0.2) is 5.69 Å². The van der Waals surface area contributed by atoms with E-state index in [9.17, 15) is 4.79 Å². The van der Waals surface area contributed by atoms with E-state index in [1.807, 2.05) is 22.8 Å². The standard InChI is InChI=1S/C16H16N2O2/c1-3-11-6-5-7-13-12(11)8-9-14-15(16(19)20-4-2)17-10-18(13)14/h3,5-7,10H,1,4,8-9H2,2H3. The van der Waals surface area contributed by atoms with Gasteiger partial charge in [-0.15, -0.1) is 0 Å². The van der Waals surface area contributed by atoms with Crippen LogP contribution < -0.4 is 0 Å². The Hall–Kier alpha value is -2.36. The number of nitrogens with zero attached hydrogens (tertiary/aromatic N) is 2. The van der Waals surface area contributed by atoms with Crippen molar-refractivity contribution in [2.45, 2.75) is 19.8 Å². The molecule has 2 aromatic rings. The van der Waals surface area contributed by atoms with Crippen LogP contribution in [0.3, 0.4) is 0 Å². The number of hydrogen-bond acceptors (Lipinski definition) is 3. The number of carbonyl (C=O) groups excluding carboxylic acids is 1. The van der Waals surface area contributed by atoms with Crippen LogP contribution in [-0.2, 0) is 17.6 Å². The minimum Gasteiger partial charge on any atom is -0.461 e. The summed E-state index contributed by atoms with van der Waals surface area (Å²) < 4.78 is 7.04. The summed E-state index contributed by atoms with van der Waals surface area (Å²) in [5.74, 6) is -0.343. The van der Waals surface area contributed by atoms with E-state index in [0.717, 1.165) is 29.8 Å². The molecule has 20 heavy (non-hydrogen) atoms. The van der Waals surface area contributed by atoms with Gasteiger partial charge in [-0.05, 0) is 37.0 Å². The predicted molar refractivity (Wildman–Crippen MR) is 77.0 cm³/mol. The molecular formula is C16H16N2O2. The van der Waals surface area contributed by atoms with Gasteiger partial charge in [-0.1, -0.05) is 24.8 Å². The van der Waals surface area contributed by atoms with Gasteiger partial charge in [0.25, 0.3) is 0 Å². The number of hydrogen-bond donors (Lipinski definition) is 0. The van der Waals surface area contributed by atoms with Gasteiger partial charge >= 0.3 is 5.97 Å². The molecule has 4 heteroatoms. The van der Waals surface area contributed by atoms with Gasteiger partial charge in [0.05, 0.1) is 18.0 Å². The maximum atomic E-state index is 11.9. The molecule has 1 aromatic carbocycles. The average molecular weight is 268 g/mol. The Morgan fingerprint density at radius 3 is 3.10 bits per heavy atom. The minimum atomic E-state index is -0.343. The van der Waals surface area contributed by atoms with Gasteiger partial charge in [-0.2, -0.15) is 0 Å². The third kappa shape index (κ3) is 1.84. The van der Waals surface area contributed by atoms with Crippen LogP contribution in [0.5, 0.6) is 0 Å². The van der Waals surface area contributed by atoms with E-state index in [4.69, 9.17) is 4.74 Å². The molecule has 2 heterocycles. The first kappa shape index (κ1) is 12.7. The van der Waals surface area contributed by atoms with Crippen molar-refractivity contribution in [1.29, 1.82) is 0 Å². The summed E-state index contributed by atoms with van der Waals surface area (Å²) >= 11 is 0. The minimum absolute atomic E-state index is 0.343. The SMILES string of the molecule is C=Cc1cccc2c1CCc1c(C(=O)OCC)ncn1-2. The number of imidazole rings is 1. The smallest absolute Gasteiger partial charge is 0.358 e. The largest absolute Gasteiger partial charge is 0.461 e. The third-order valence-electron chi connectivity index (χ3n) is 3.61. The molecule has 0 saturated carbocycles. The highest BCUT2D eigenvalue weighted by atomic mass is 16.5. The summed E-state index contributed by atoms with van der Waals surface area (Å²) in [7, 11) is 0. The van der Waals surface area contributed by atoms with Crippen LogP contribution in [-0.4, -0.2) is 22.1 Å². The van der Waals surface area contributed by atoms with E-state index >= 15 is 0 Å². The number of fused-ring (bicyclic) bond motifs is 3. The van der Waals surface area contributed by atoms with E-state index in [1.54, 1.807) is 13.3 Å². The third-order valence-corrected chi connectivity index (χ3v) is 3.61. The van der Waals surface area contributed by atoms with Gasteiger partial charge < -0.3 is 9.30 Å². The summed E-state index contributed by atoms with van der Waals surface area (Å²) in [5, 5.41) is 0. The van der Waals surface area contributed by atoms with Gasteiger partial charge in [0.1, 0.15) is 6.33 Å².